The van der Waals surface area contributed by atoms with Gasteiger partial charge in [0, 0.05) is 12.1 Å². The van der Waals surface area contributed by atoms with Gasteiger partial charge in [-0.3, -0.25) is 10.1 Å². The van der Waals surface area contributed by atoms with Crippen LogP contribution in [0.15, 0.2) is 46.0 Å². The summed E-state index contributed by atoms with van der Waals surface area (Å²) < 4.78 is 42.4. The maximum Gasteiger partial charge on any atom is 0.391 e. The van der Waals surface area contributed by atoms with E-state index in [0.29, 0.717) is 0 Å². The summed E-state index contributed by atoms with van der Waals surface area (Å²) in [7, 11) is -8.20. The van der Waals surface area contributed by atoms with E-state index in [-0.39, 0.29) is 15.6 Å². The van der Waals surface area contributed by atoms with E-state index in [0.717, 1.165) is 35.6 Å². The van der Waals surface area contributed by atoms with Gasteiger partial charge in [-0.1, -0.05) is 6.07 Å². The predicted molar refractivity (Wildman–Crippen MR) is 83.1 cm³/mol. The maximum atomic E-state index is 11.9. The molecule has 0 saturated carbocycles. The first-order valence-electron chi connectivity index (χ1n) is 5.99. The summed E-state index contributed by atoms with van der Waals surface area (Å²) in [6.07, 6.45) is -0.829. The Hall–Kier alpha value is -1.78. The van der Waals surface area contributed by atoms with Gasteiger partial charge in [0.2, 0.25) is 0 Å². The highest BCUT2D eigenvalue weighted by Gasteiger charge is 2.26. The molecule has 1 unspecified atom stereocenters. The van der Waals surface area contributed by atoms with Crippen LogP contribution in [0.2, 0.25) is 0 Å². The van der Waals surface area contributed by atoms with Gasteiger partial charge in [-0.2, -0.15) is 4.72 Å². The van der Waals surface area contributed by atoms with Crippen LogP contribution in [0.25, 0.3) is 0 Å². The lowest BCUT2D eigenvalue weighted by atomic mass is 10.3. The van der Waals surface area contributed by atoms with Gasteiger partial charge < -0.3 is 9.42 Å². The fraction of sp³-hybridized carbons (Fsp3) is 0.0909. The van der Waals surface area contributed by atoms with Crippen LogP contribution in [-0.2, 0) is 14.6 Å². The number of benzene rings is 1. The van der Waals surface area contributed by atoms with E-state index in [4.69, 9.17) is 4.52 Å². The molecule has 1 atom stereocenters. The number of nitrogens with one attached hydrogen (secondary N) is 1. The lowest BCUT2D eigenvalue weighted by Crippen LogP contribution is -2.25. The largest absolute Gasteiger partial charge is 0.424 e. The molecule has 1 aromatic heterocycles. The molecule has 9 nitrogen and oxygen atoms in total. The van der Waals surface area contributed by atoms with Crippen LogP contribution < -0.4 is 9.25 Å². The van der Waals surface area contributed by atoms with Gasteiger partial charge in [-0.15, -0.1) is 11.3 Å². The summed E-state index contributed by atoms with van der Waals surface area (Å²) in [5, 5.41) is 12.1. The van der Waals surface area contributed by atoms with Crippen molar-refractivity contribution >= 4 is 34.6 Å². The number of sulfonamides is 1. The second-order valence-corrected chi connectivity index (χ2v) is 8.93. The zero-order valence-corrected chi connectivity index (χ0v) is 13.9. The van der Waals surface area contributed by atoms with Crippen LogP contribution >= 0.6 is 18.9 Å². The Labute approximate surface area is 135 Å². The standard InChI is InChI=1S/C11H11N2O7PS2/c14-13(15)9-3-5-10(6-4-9)20-21(16,17)8-12-23(18,19)11-2-1-7-22-11/h1-7,12H,8H2,(H,16,17). The Balaban J connectivity index is 2.02. The van der Waals surface area contributed by atoms with E-state index in [9.17, 15) is 28.0 Å². The van der Waals surface area contributed by atoms with Crippen molar-refractivity contribution in [1.82, 2.24) is 4.72 Å². The molecule has 1 aromatic carbocycles. The van der Waals surface area contributed by atoms with Crippen molar-refractivity contribution in [3.05, 3.63) is 51.9 Å². The van der Waals surface area contributed by atoms with Crippen LogP contribution in [0.4, 0.5) is 5.69 Å². The van der Waals surface area contributed by atoms with Crippen LogP contribution in [0.5, 0.6) is 5.75 Å². The first-order valence-corrected chi connectivity index (χ1v) is 10.1. The number of hydrogen-bond acceptors (Lipinski definition) is 7. The highest BCUT2D eigenvalue weighted by molar-refractivity contribution is 7.91. The average Bonchev–Trinajstić information content (AvgIpc) is 3.01. The Kier molecular flexibility index (Phi) is 5.17. The summed E-state index contributed by atoms with van der Waals surface area (Å²) in [6.45, 7) is 0. The zero-order valence-electron chi connectivity index (χ0n) is 11.4. The first kappa shape index (κ1) is 17.6. The molecule has 12 heteroatoms. The highest BCUT2D eigenvalue weighted by Crippen LogP contribution is 2.42. The fourth-order valence-corrected chi connectivity index (χ4v) is 5.03. The summed E-state index contributed by atoms with van der Waals surface area (Å²) >= 11 is 0.962. The quantitative estimate of drug-likeness (QED) is 0.428. The van der Waals surface area contributed by atoms with Gasteiger partial charge >= 0.3 is 7.60 Å². The Bertz CT molecular complexity index is 834. The lowest BCUT2D eigenvalue weighted by Gasteiger charge is -2.13. The third-order valence-electron chi connectivity index (χ3n) is 2.51. The molecule has 2 aromatic rings. The van der Waals surface area contributed by atoms with Gasteiger partial charge in [0.25, 0.3) is 15.7 Å². The number of rotatable bonds is 7. The first-order chi connectivity index (χ1) is 10.7. The average molecular weight is 378 g/mol. The highest BCUT2D eigenvalue weighted by atomic mass is 32.2. The maximum absolute atomic E-state index is 11.9. The summed E-state index contributed by atoms with van der Waals surface area (Å²) in [5.74, 6) is -0.0863. The second-order valence-electron chi connectivity index (χ2n) is 4.22. The number of hydrogen-bond donors (Lipinski definition) is 2. The van der Waals surface area contributed by atoms with E-state index in [1.165, 1.54) is 12.1 Å². The summed E-state index contributed by atoms with van der Waals surface area (Å²) in [6, 6.07) is 7.39. The number of nitro benzene ring substituents is 1. The van der Waals surface area contributed by atoms with E-state index >= 15 is 0 Å². The molecule has 2 N–H and O–H groups in total. The Morgan fingerprint density at radius 2 is 1.96 bits per heavy atom. The minimum atomic E-state index is -4.31. The van der Waals surface area contributed by atoms with E-state index in [1.807, 2.05) is 4.72 Å². The van der Waals surface area contributed by atoms with Crippen LogP contribution in [0, 0.1) is 10.1 Å². The molecule has 124 valence electrons. The van der Waals surface area contributed by atoms with Crippen molar-refractivity contribution in [3.63, 3.8) is 0 Å². The van der Waals surface area contributed by atoms with Crippen molar-refractivity contribution in [2.45, 2.75) is 4.21 Å². The molecule has 0 aliphatic rings. The van der Waals surface area contributed by atoms with Gasteiger partial charge in [0.05, 0.1) is 4.92 Å². The van der Waals surface area contributed by atoms with Gasteiger partial charge in [0.15, 0.2) is 0 Å². The number of non-ortho nitro benzene ring substituents is 1. The molecule has 0 radical (unpaired) electrons. The predicted octanol–water partition coefficient (Wildman–Crippen LogP) is 2.16. The normalized spacial score (nSPS) is 14.1. The van der Waals surface area contributed by atoms with E-state index in [2.05, 4.69) is 0 Å². The fourth-order valence-electron chi connectivity index (χ4n) is 1.48. The molecule has 0 bridgehead atoms. The van der Waals surface area contributed by atoms with Gasteiger partial charge in [-0.05, 0) is 23.6 Å². The Morgan fingerprint density at radius 3 is 2.48 bits per heavy atom. The third kappa shape index (κ3) is 4.85. The van der Waals surface area contributed by atoms with Gasteiger partial charge in [-0.25, -0.2) is 13.0 Å². The van der Waals surface area contributed by atoms with E-state index < -0.39 is 28.8 Å². The molecule has 23 heavy (non-hydrogen) atoms. The molecule has 0 spiro atoms. The SMILES string of the molecule is O=[N+]([O-])c1ccc(OP(=O)(O)CNS(=O)(=O)c2cccs2)cc1. The molecular formula is C11H11N2O7PS2. The zero-order chi connectivity index (χ0) is 17.1. The van der Waals surface area contributed by atoms with E-state index in [1.54, 1.807) is 5.38 Å². The smallest absolute Gasteiger partial charge is 0.391 e. The molecule has 0 saturated heterocycles. The van der Waals surface area contributed by atoms with Crippen molar-refractivity contribution in [2.24, 2.45) is 0 Å². The molecule has 0 aliphatic heterocycles. The minimum absolute atomic E-state index is 0.00726. The monoisotopic (exact) mass is 378 g/mol. The lowest BCUT2D eigenvalue weighted by molar-refractivity contribution is -0.384. The molecule has 0 amide bonds. The number of nitrogens with zero attached hydrogens (tertiary/aromatic N) is 1. The topological polar surface area (TPSA) is 136 Å². The van der Waals surface area contributed by atoms with Gasteiger partial charge in [0.1, 0.15) is 16.2 Å². The van der Waals surface area contributed by atoms with Crippen molar-refractivity contribution in [3.8, 4) is 5.75 Å². The summed E-state index contributed by atoms with van der Waals surface area (Å²) in [4.78, 5) is 19.6. The third-order valence-corrected chi connectivity index (χ3v) is 6.58. The van der Waals surface area contributed by atoms with Crippen molar-refractivity contribution in [1.29, 1.82) is 0 Å². The molecule has 2 rings (SSSR count). The number of nitro groups is 1. The van der Waals surface area contributed by atoms with Crippen LogP contribution in [-0.4, -0.2) is 24.5 Å². The van der Waals surface area contributed by atoms with Crippen LogP contribution in [0.3, 0.4) is 0 Å². The van der Waals surface area contributed by atoms with Crippen LogP contribution in [0.1, 0.15) is 0 Å². The molecule has 1 heterocycles. The van der Waals surface area contributed by atoms with Crippen molar-refractivity contribution < 1.29 is 27.3 Å². The summed E-state index contributed by atoms with van der Waals surface area (Å²) in [5.41, 5.74) is -0.205. The molecule has 0 fully saturated rings. The minimum Gasteiger partial charge on any atom is -0.424 e. The molecular weight excluding hydrogens is 367 g/mol. The second kappa shape index (κ2) is 6.77. The number of thiophene rings is 1. The molecule has 0 aliphatic carbocycles. The van der Waals surface area contributed by atoms with Crippen molar-refractivity contribution in [2.75, 3.05) is 6.29 Å². The Morgan fingerprint density at radius 1 is 1.30 bits per heavy atom.